The van der Waals surface area contributed by atoms with E-state index in [-0.39, 0.29) is 23.2 Å². The fraction of sp³-hybridized carbons (Fsp3) is 0.0909. The lowest BCUT2D eigenvalue weighted by Crippen LogP contribution is -2.03. The first kappa shape index (κ1) is 13.5. The number of aromatic nitrogens is 2. The highest BCUT2D eigenvalue weighted by Gasteiger charge is 2.19. The molecule has 1 aromatic carbocycles. The van der Waals surface area contributed by atoms with Crippen LogP contribution in [0.3, 0.4) is 0 Å². The molecule has 0 spiro atoms. The molecule has 1 heterocycles. The average Bonchev–Trinajstić information content (AvgIpc) is 2.40. The summed E-state index contributed by atoms with van der Waals surface area (Å²) in [7, 11) is 1.31. The lowest BCUT2D eigenvalue weighted by atomic mass is 10.2. The predicted molar refractivity (Wildman–Crippen MR) is 69.3 cm³/mol. The minimum Gasteiger partial charge on any atom is -0.494 e. The number of nitrogens with one attached hydrogen (secondary N) is 1. The number of nitrogens with two attached hydrogens (primary N) is 1. The summed E-state index contributed by atoms with van der Waals surface area (Å²) >= 11 is 0. The summed E-state index contributed by atoms with van der Waals surface area (Å²) in [5.41, 5.74) is 4.97. The van der Waals surface area contributed by atoms with Gasteiger partial charge < -0.3 is 15.8 Å². The van der Waals surface area contributed by atoms with Gasteiger partial charge in [-0.2, -0.15) is 9.37 Å². The van der Waals surface area contributed by atoms with Crippen LogP contribution in [0.2, 0.25) is 0 Å². The molecule has 8 nitrogen and oxygen atoms in total. The number of nitro benzene ring substituents is 1. The topological polar surface area (TPSA) is 116 Å². The van der Waals surface area contributed by atoms with E-state index in [4.69, 9.17) is 10.5 Å². The Morgan fingerprint density at radius 3 is 2.85 bits per heavy atom. The number of hydrogen-bond donors (Lipinski definition) is 2. The fourth-order valence-corrected chi connectivity index (χ4v) is 1.50. The Morgan fingerprint density at radius 2 is 2.25 bits per heavy atom. The van der Waals surface area contributed by atoms with Crippen LogP contribution in [-0.4, -0.2) is 22.0 Å². The van der Waals surface area contributed by atoms with E-state index in [1.165, 1.54) is 19.4 Å². The van der Waals surface area contributed by atoms with Gasteiger partial charge in [-0.25, -0.2) is 4.98 Å². The van der Waals surface area contributed by atoms with Gasteiger partial charge in [-0.1, -0.05) is 0 Å². The van der Waals surface area contributed by atoms with E-state index in [0.717, 1.165) is 12.1 Å². The first-order valence-electron chi connectivity index (χ1n) is 5.38. The summed E-state index contributed by atoms with van der Waals surface area (Å²) in [6.45, 7) is 0. The van der Waals surface area contributed by atoms with Crippen LogP contribution in [-0.2, 0) is 0 Å². The smallest absolute Gasteiger partial charge is 0.307 e. The molecule has 0 saturated carbocycles. The van der Waals surface area contributed by atoms with Gasteiger partial charge in [0.15, 0.2) is 0 Å². The van der Waals surface area contributed by atoms with E-state index < -0.39 is 16.4 Å². The Bertz CT molecular complexity index is 665. The van der Waals surface area contributed by atoms with Gasteiger partial charge in [0.05, 0.1) is 17.7 Å². The van der Waals surface area contributed by atoms with Crippen molar-refractivity contribution >= 4 is 23.1 Å². The van der Waals surface area contributed by atoms with Gasteiger partial charge in [0.2, 0.25) is 11.8 Å². The molecule has 0 amide bonds. The number of rotatable bonds is 4. The van der Waals surface area contributed by atoms with E-state index in [0.29, 0.717) is 0 Å². The Balaban J connectivity index is 2.44. The zero-order chi connectivity index (χ0) is 14.7. The van der Waals surface area contributed by atoms with Gasteiger partial charge in [0, 0.05) is 18.3 Å². The van der Waals surface area contributed by atoms with E-state index in [9.17, 15) is 14.5 Å². The van der Waals surface area contributed by atoms with Crippen LogP contribution in [0.4, 0.5) is 27.5 Å². The van der Waals surface area contributed by atoms with Crippen molar-refractivity contribution < 1.29 is 14.1 Å². The van der Waals surface area contributed by atoms with Gasteiger partial charge in [0.1, 0.15) is 11.6 Å². The molecule has 0 fully saturated rings. The quantitative estimate of drug-likeness (QED) is 0.648. The fourth-order valence-electron chi connectivity index (χ4n) is 1.50. The van der Waals surface area contributed by atoms with Crippen molar-refractivity contribution in [3.63, 3.8) is 0 Å². The summed E-state index contributed by atoms with van der Waals surface area (Å²) in [5.74, 6) is -0.577. The molecule has 9 heteroatoms. The number of anilines is 3. The second-order valence-corrected chi connectivity index (χ2v) is 3.69. The number of halogens is 1. The number of nitrogen functional groups attached to an aromatic ring is 1. The molecule has 0 aliphatic heterocycles. The third kappa shape index (κ3) is 2.71. The van der Waals surface area contributed by atoms with E-state index >= 15 is 0 Å². The molecular formula is C11H10FN5O3. The normalized spacial score (nSPS) is 10.1. The van der Waals surface area contributed by atoms with Gasteiger partial charge in [-0.05, 0) is 6.07 Å². The summed E-state index contributed by atoms with van der Waals surface area (Å²) in [6.07, 6.45) is 1.41. The summed E-state index contributed by atoms with van der Waals surface area (Å²) < 4.78 is 18.4. The number of ether oxygens (including phenoxy) is 1. The highest BCUT2D eigenvalue weighted by atomic mass is 19.1. The van der Waals surface area contributed by atoms with E-state index in [1.807, 2.05) is 0 Å². The first-order valence-corrected chi connectivity index (χ1v) is 5.38. The molecule has 0 atom stereocenters. The number of benzene rings is 1. The van der Waals surface area contributed by atoms with Crippen LogP contribution in [0.1, 0.15) is 0 Å². The molecule has 20 heavy (non-hydrogen) atoms. The molecule has 0 aliphatic carbocycles. The van der Waals surface area contributed by atoms with E-state index in [2.05, 4.69) is 15.3 Å². The monoisotopic (exact) mass is 279 g/mol. The Kier molecular flexibility index (Phi) is 3.60. The van der Waals surface area contributed by atoms with Crippen LogP contribution in [0.25, 0.3) is 0 Å². The van der Waals surface area contributed by atoms with Crippen molar-refractivity contribution in [3.8, 4) is 5.75 Å². The van der Waals surface area contributed by atoms with Crippen molar-refractivity contribution in [3.05, 3.63) is 40.3 Å². The molecule has 0 radical (unpaired) electrons. The van der Waals surface area contributed by atoms with Crippen molar-refractivity contribution in [2.45, 2.75) is 0 Å². The van der Waals surface area contributed by atoms with Crippen LogP contribution >= 0.6 is 0 Å². The Hall–Kier alpha value is -2.97. The number of nitrogens with zero attached hydrogens (tertiary/aromatic N) is 3. The summed E-state index contributed by atoms with van der Waals surface area (Å²) in [4.78, 5) is 17.7. The van der Waals surface area contributed by atoms with Gasteiger partial charge in [-0.15, -0.1) is 0 Å². The lowest BCUT2D eigenvalue weighted by Gasteiger charge is -2.10. The van der Waals surface area contributed by atoms with Crippen LogP contribution in [0.5, 0.6) is 5.75 Å². The highest BCUT2D eigenvalue weighted by Crippen LogP contribution is 2.33. The number of hydrogen-bond acceptors (Lipinski definition) is 7. The summed E-state index contributed by atoms with van der Waals surface area (Å²) in [5, 5.41) is 13.4. The summed E-state index contributed by atoms with van der Waals surface area (Å²) in [6, 6.07) is 3.39. The van der Waals surface area contributed by atoms with Crippen LogP contribution in [0, 0.1) is 15.9 Å². The Labute approximate surface area is 112 Å². The number of methoxy groups -OCH3 is 1. The van der Waals surface area contributed by atoms with Crippen LogP contribution < -0.4 is 15.8 Å². The zero-order valence-electron chi connectivity index (χ0n) is 10.3. The second kappa shape index (κ2) is 5.34. The van der Waals surface area contributed by atoms with Crippen molar-refractivity contribution in [2.75, 3.05) is 18.2 Å². The third-order valence-electron chi connectivity index (χ3n) is 2.39. The zero-order valence-corrected chi connectivity index (χ0v) is 10.3. The van der Waals surface area contributed by atoms with E-state index in [1.54, 1.807) is 0 Å². The molecule has 0 bridgehead atoms. The maximum atomic E-state index is 13.5. The number of nitro groups is 1. The maximum absolute atomic E-state index is 13.5. The molecule has 0 aliphatic rings. The maximum Gasteiger partial charge on any atom is 0.307 e. The Morgan fingerprint density at radius 1 is 1.50 bits per heavy atom. The molecule has 0 saturated heterocycles. The molecule has 104 valence electrons. The van der Waals surface area contributed by atoms with Crippen LogP contribution in [0.15, 0.2) is 24.4 Å². The highest BCUT2D eigenvalue weighted by molar-refractivity contribution is 5.66. The molecule has 1 aromatic heterocycles. The molecule has 0 unspecified atom stereocenters. The minimum atomic E-state index is -0.995. The van der Waals surface area contributed by atoms with Crippen molar-refractivity contribution in [2.24, 2.45) is 0 Å². The average molecular weight is 279 g/mol. The third-order valence-corrected chi connectivity index (χ3v) is 2.39. The first-order chi connectivity index (χ1) is 9.51. The largest absolute Gasteiger partial charge is 0.494 e. The molecule has 2 aromatic rings. The molecule has 3 N–H and O–H groups in total. The van der Waals surface area contributed by atoms with Gasteiger partial charge in [-0.3, -0.25) is 10.1 Å². The predicted octanol–water partition coefficient (Wildman–Crippen LogP) is 1.86. The lowest BCUT2D eigenvalue weighted by molar-refractivity contribution is -0.387. The van der Waals surface area contributed by atoms with Crippen molar-refractivity contribution in [1.82, 2.24) is 9.97 Å². The standard InChI is InChI=1S/C11H10FN5O3/c1-20-9-4-6(12)8(17(18)19)5-7(9)15-11-14-3-2-10(13)16-11/h2-5H,1H3,(H3,13,14,15,16). The molecular weight excluding hydrogens is 269 g/mol. The minimum absolute atomic E-state index is 0.0825. The molecule has 2 rings (SSSR count). The van der Waals surface area contributed by atoms with Crippen molar-refractivity contribution in [1.29, 1.82) is 0 Å². The van der Waals surface area contributed by atoms with Gasteiger partial charge in [0.25, 0.3) is 0 Å². The SMILES string of the molecule is COc1cc(F)c([N+](=O)[O-])cc1Nc1nccc(N)n1. The van der Waals surface area contributed by atoms with Gasteiger partial charge >= 0.3 is 5.69 Å². The second-order valence-electron chi connectivity index (χ2n) is 3.69.